The molecule has 4 nitrogen and oxygen atoms in total. The summed E-state index contributed by atoms with van der Waals surface area (Å²) in [5.41, 5.74) is 0. The molecule has 0 aromatic heterocycles. The van der Waals surface area contributed by atoms with Crippen molar-refractivity contribution in [2.24, 2.45) is 0 Å². The molecule has 0 N–H and O–H groups in total. The number of rotatable bonds is 4. The summed E-state index contributed by atoms with van der Waals surface area (Å²) in [6, 6.07) is 0. The molecule has 5 heteroatoms. The minimum Gasteiger partial charge on any atom is -0.702 e. The van der Waals surface area contributed by atoms with Gasteiger partial charge in [0.2, 0.25) is 0 Å². The van der Waals surface area contributed by atoms with Gasteiger partial charge >= 0.3 is 0 Å². The lowest BCUT2D eigenvalue weighted by Gasteiger charge is -2.36. The minimum atomic E-state index is -4.19. The molecule has 0 aliphatic carbocycles. The molecule has 0 fully saturated rings. The van der Waals surface area contributed by atoms with E-state index in [-0.39, 0.29) is 3.89 Å². The van der Waals surface area contributed by atoms with Gasteiger partial charge in [-0.25, -0.2) is 3.89 Å². The van der Waals surface area contributed by atoms with E-state index in [9.17, 15) is 13.0 Å². The van der Waals surface area contributed by atoms with Crippen LogP contribution in [0, 0.1) is 0 Å². The van der Waals surface area contributed by atoms with Gasteiger partial charge in [0.1, 0.15) is 0 Å². The Labute approximate surface area is 68.3 Å². The molecular weight excluding hydrogens is 166 g/mol. The van der Waals surface area contributed by atoms with Crippen LogP contribution in [-0.2, 0) is 10.3 Å². The van der Waals surface area contributed by atoms with E-state index in [1.807, 2.05) is 0 Å². The van der Waals surface area contributed by atoms with Crippen molar-refractivity contribution in [3.63, 3.8) is 0 Å². The van der Waals surface area contributed by atoms with Crippen molar-refractivity contribution < 1.29 is 16.9 Å². The fourth-order valence-corrected chi connectivity index (χ4v) is 2.09. The molecule has 0 aliphatic rings. The lowest BCUT2D eigenvalue weighted by atomic mass is 10.5. The molecule has 68 valence electrons. The minimum absolute atomic E-state index is 0.346. The molecule has 0 atom stereocenters. The van der Waals surface area contributed by atoms with Crippen molar-refractivity contribution in [1.82, 2.24) is 0 Å². The lowest BCUT2D eigenvalue weighted by Crippen LogP contribution is -2.51. The van der Waals surface area contributed by atoms with Gasteiger partial charge in [-0.2, -0.15) is 8.42 Å². The van der Waals surface area contributed by atoms with Gasteiger partial charge in [0, 0.05) is 0 Å². The maximum atomic E-state index is 10.8. The third-order valence-corrected chi connectivity index (χ3v) is 3.93. The molecule has 0 unspecified atom stereocenters. The van der Waals surface area contributed by atoms with Crippen molar-refractivity contribution >= 4 is 10.3 Å². The lowest BCUT2D eigenvalue weighted by molar-refractivity contribution is -0.805. The normalized spacial score (nSPS) is 13.5. The molecule has 0 saturated carbocycles. The summed E-state index contributed by atoms with van der Waals surface area (Å²) in [5, 5.41) is 0. The smallest absolute Gasteiger partial charge is 0.254 e. The average Bonchev–Trinajstić information content (AvgIpc) is 1.90. The van der Waals surface area contributed by atoms with Gasteiger partial charge in [0.15, 0.2) is 0 Å². The van der Waals surface area contributed by atoms with Crippen LogP contribution >= 0.6 is 0 Å². The molecule has 0 bridgehead atoms. The average molecular weight is 181 g/mol. The quantitative estimate of drug-likeness (QED) is 0.463. The van der Waals surface area contributed by atoms with Gasteiger partial charge in [0.25, 0.3) is 10.3 Å². The Bertz CT molecular complexity index is 198. The molecular formula is C6H15NO3S. The van der Waals surface area contributed by atoms with Gasteiger partial charge in [0.05, 0.1) is 19.6 Å². The second-order valence-corrected chi connectivity index (χ2v) is 4.06. The van der Waals surface area contributed by atoms with E-state index < -0.39 is 10.3 Å². The van der Waals surface area contributed by atoms with E-state index in [0.29, 0.717) is 19.6 Å². The fraction of sp³-hybridized carbons (Fsp3) is 1.00. The second-order valence-electron chi connectivity index (χ2n) is 2.43. The molecule has 0 radical (unpaired) electrons. The summed E-state index contributed by atoms with van der Waals surface area (Å²) < 4.78 is 31.9. The number of nitrogens with zero attached hydrogens (tertiary/aromatic N) is 1. The Balaban J connectivity index is 4.86. The molecule has 0 spiro atoms. The Kier molecular flexibility index (Phi) is 3.47. The Morgan fingerprint density at radius 1 is 1.09 bits per heavy atom. The number of hydrogen-bond acceptors (Lipinski definition) is 3. The molecule has 0 saturated heterocycles. The zero-order valence-electron chi connectivity index (χ0n) is 7.20. The highest BCUT2D eigenvalue weighted by Crippen LogP contribution is 2.11. The van der Waals surface area contributed by atoms with Crippen LogP contribution in [-0.4, -0.2) is 36.5 Å². The summed E-state index contributed by atoms with van der Waals surface area (Å²) >= 11 is 0. The Morgan fingerprint density at radius 3 is 1.36 bits per heavy atom. The van der Waals surface area contributed by atoms with Crippen LogP contribution in [0.5, 0.6) is 0 Å². The van der Waals surface area contributed by atoms with Crippen LogP contribution in [0.2, 0.25) is 0 Å². The van der Waals surface area contributed by atoms with Gasteiger partial charge in [-0.3, -0.25) is 0 Å². The van der Waals surface area contributed by atoms with Crippen molar-refractivity contribution in [3.05, 3.63) is 0 Å². The van der Waals surface area contributed by atoms with Gasteiger partial charge in [-0.15, -0.1) is 0 Å². The molecule has 0 amide bonds. The van der Waals surface area contributed by atoms with Crippen molar-refractivity contribution in [2.45, 2.75) is 20.8 Å². The molecule has 11 heavy (non-hydrogen) atoms. The van der Waals surface area contributed by atoms with E-state index in [2.05, 4.69) is 0 Å². The van der Waals surface area contributed by atoms with E-state index in [4.69, 9.17) is 0 Å². The molecule has 0 aromatic carbocycles. The number of quaternary nitrogens is 1. The molecule has 0 heterocycles. The van der Waals surface area contributed by atoms with Crippen LogP contribution < -0.4 is 0 Å². The van der Waals surface area contributed by atoms with Gasteiger partial charge < -0.3 is 4.55 Å². The Hall–Kier alpha value is -0.130. The predicted molar refractivity (Wildman–Crippen MR) is 41.6 cm³/mol. The van der Waals surface area contributed by atoms with E-state index in [1.54, 1.807) is 20.8 Å². The monoisotopic (exact) mass is 181 g/mol. The first-order valence-electron chi connectivity index (χ1n) is 3.75. The van der Waals surface area contributed by atoms with Crippen molar-refractivity contribution in [1.29, 1.82) is 0 Å². The van der Waals surface area contributed by atoms with Crippen LogP contribution in [0.3, 0.4) is 0 Å². The van der Waals surface area contributed by atoms with Gasteiger partial charge in [-0.1, -0.05) is 0 Å². The summed E-state index contributed by atoms with van der Waals surface area (Å²) in [5.74, 6) is 0. The standard InChI is InChI=1S/C6H15NO3S/c1-4-7(5-2,6-3)11(8,9)10/h4-6H2,1-3H3. The summed E-state index contributed by atoms with van der Waals surface area (Å²) in [6.45, 7) is 6.17. The maximum Gasteiger partial charge on any atom is 0.254 e. The van der Waals surface area contributed by atoms with Crippen LogP contribution in [0.4, 0.5) is 0 Å². The van der Waals surface area contributed by atoms with Crippen molar-refractivity contribution in [2.75, 3.05) is 19.6 Å². The highest BCUT2D eigenvalue weighted by Gasteiger charge is 2.28. The van der Waals surface area contributed by atoms with E-state index in [1.165, 1.54) is 0 Å². The van der Waals surface area contributed by atoms with E-state index >= 15 is 0 Å². The van der Waals surface area contributed by atoms with Gasteiger partial charge in [-0.05, 0) is 20.8 Å². The zero-order chi connectivity index (χ0) is 9.12. The summed E-state index contributed by atoms with van der Waals surface area (Å²) in [4.78, 5) is 0. The third kappa shape index (κ3) is 1.91. The fourth-order valence-electron chi connectivity index (χ4n) is 1.15. The van der Waals surface area contributed by atoms with E-state index in [0.717, 1.165) is 0 Å². The second kappa shape index (κ2) is 3.51. The predicted octanol–water partition coefficient (Wildman–Crippen LogP) is 0.323. The summed E-state index contributed by atoms with van der Waals surface area (Å²) in [7, 11) is -4.19. The molecule has 0 aromatic rings. The first-order chi connectivity index (χ1) is 4.93. The largest absolute Gasteiger partial charge is 0.702 e. The SMILES string of the molecule is CC[N+](CC)(CC)S(=O)(=O)[O-]. The first-order valence-corrected chi connectivity index (χ1v) is 5.12. The number of hydrogen-bond donors (Lipinski definition) is 0. The zero-order valence-corrected chi connectivity index (χ0v) is 8.02. The first kappa shape index (κ1) is 10.9. The highest BCUT2D eigenvalue weighted by molar-refractivity contribution is 7.80. The highest BCUT2D eigenvalue weighted by atomic mass is 32.2. The third-order valence-electron chi connectivity index (χ3n) is 2.20. The molecule has 0 aliphatic heterocycles. The molecule has 0 rings (SSSR count). The summed E-state index contributed by atoms with van der Waals surface area (Å²) in [6.07, 6.45) is 0. The van der Waals surface area contributed by atoms with Crippen LogP contribution in [0.15, 0.2) is 0 Å². The van der Waals surface area contributed by atoms with Crippen molar-refractivity contribution in [3.8, 4) is 0 Å². The van der Waals surface area contributed by atoms with Crippen LogP contribution in [0.1, 0.15) is 20.8 Å². The maximum absolute atomic E-state index is 10.8. The Morgan fingerprint density at radius 2 is 1.36 bits per heavy atom. The van der Waals surface area contributed by atoms with Crippen LogP contribution in [0.25, 0.3) is 0 Å². The topological polar surface area (TPSA) is 57.2 Å².